The molecular formula is C10H15N2OS+. The highest BCUT2D eigenvalue weighted by atomic mass is 32.2. The van der Waals surface area contributed by atoms with Gasteiger partial charge in [0.05, 0.1) is 0 Å². The standard InChI is InChI=1S/C10H15N2OS/c1-11(2)9(13)10(14-3)12-7-5-4-6-8-12/h4-8,10H,1-3H3/q+1. The highest BCUT2D eigenvalue weighted by Crippen LogP contribution is 2.14. The van der Waals surface area contributed by atoms with Crippen molar-refractivity contribution < 1.29 is 9.36 Å². The molecule has 76 valence electrons. The molecule has 1 heterocycles. The van der Waals surface area contributed by atoms with Crippen molar-refractivity contribution in [2.24, 2.45) is 0 Å². The molecule has 14 heavy (non-hydrogen) atoms. The number of nitrogens with zero attached hydrogens (tertiary/aromatic N) is 2. The topological polar surface area (TPSA) is 24.2 Å². The van der Waals surface area contributed by atoms with E-state index in [4.69, 9.17) is 0 Å². The second-order valence-electron chi connectivity index (χ2n) is 3.14. The van der Waals surface area contributed by atoms with Gasteiger partial charge in [-0.2, -0.15) is 4.57 Å². The molecule has 1 atom stereocenters. The third-order valence-corrected chi connectivity index (χ3v) is 2.78. The lowest BCUT2D eigenvalue weighted by Crippen LogP contribution is -2.45. The summed E-state index contributed by atoms with van der Waals surface area (Å²) in [7, 11) is 3.55. The molecule has 1 amide bonds. The highest BCUT2D eigenvalue weighted by Gasteiger charge is 2.27. The van der Waals surface area contributed by atoms with E-state index in [1.165, 1.54) is 11.8 Å². The average molecular weight is 211 g/mol. The van der Waals surface area contributed by atoms with E-state index >= 15 is 0 Å². The largest absolute Gasteiger partial charge is 0.342 e. The Balaban J connectivity index is 2.88. The van der Waals surface area contributed by atoms with Gasteiger partial charge in [-0.05, 0) is 6.26 Å². The Morgan fingerprint density at radius 2 is 1.86 bits per heavy atom. The van der Waals surface area contributed by atoms with E-state index in [9.17, 15) is 4.79 Å². The van der Waals surface area contributed by atoms with Crippen molar-refractivity contribution in [1.82, 2.24) is 4.90 Å². The number of hydrogen-bond donors (Lipinski definition) is 0. The zero-order valence-electron chi connectivity index (χ0n) is 8.68. The van der Waals surface area contributed by atoms with Crippen molar-refractivity contribution in [2.45, 2.75) is 5.37 Å². The summed E-state index contributed by atoms with van der Waals surface area (Å²) in [6.45, 7) is 0. The van der Waals surface area contributed by atoms with Crippen LogP contribution in [0.3, 0.4) is 0 Å². The molecule has 1 rings (SSSR count). The first kappa shape index (κ1) is 11.0. The number of likely N-dealkylation sites (N-methyl/N-ethyl adjacent to an activating group) is 1. The minimum atomic E-state index is -0.161. The van der Waals surface area contributed by atoms with Crippen molar-refractivity contribution >= 4 is 17.7 Å². The van der Waals surface area contributed by atoms with Gasteiger partial charge in [-0.15, -0.1) is 0 Å². The zero-order chi connectivity index (χ0) is 10.6. The van der Waals surface area contributed by atoms with Crippen LogP contribution >= 0.6 is 11.8 Å². The maximum Gasteiger partial charge on any atom is 0.302 e. The molecule has 0 aromatic carbocycles. The number of carbonyl (C=O) groups excluding carboxylic acids is 1. The van der Waals surface area contributed by atoms with Gasteiger partial charge in [-0.25, -0.2) is 0 Å². The number of amides is 1. The van der Waals surface area contributed by atoms with E-state index in [1.807, 2.05) is 41.4 Å². The lowest BCUT2D eigenvalue weighted by Gasteiger charge is -2.14. The molecular weight excluding hydrogens is 196 g/mol. The SMILES string of the molecule is CSC(C(=O)N(C)C)[n+]1ccccc1. The van der Waals surface area contributed by atoms with Gasteiger partial charge in [0.1, 0.15) is 0 Å². The lowest BCUT2D eigenvalue weighted by molar-refractivity contribution is -0.688. The van der Waals surface area contributed by atoms with Crippen LogP contribution in [-0.2, 0) is 4.79 Å². The molecule has 0 saturated heterocycles. The monoisotopic (exact) mass is 211 g/mol. The van der Waals surface area contributed by atoms with Crippen molar-refractivity contribution in [3.05, 3.63) is 30.6 Å². The Morgan fingerprint density at radius 1 is 1.29 bits per heavy atom. The van der Waals surface area contributed by atoms with Gasteiger partial charge in [-0.3, -0.25) is 4.79 Å². The molecule has 0 N–H and O–H groups in total. The molecule has 3 nitrogen and oxygen atoms in total. The number of rotatable bonds is 3. The molecule has 0 aliphatic rings. The third-order valence-electron chi connectivity index (χ3n) is 1.88. The van der Waals surface area contributed by atoms with Crippen LogP contribution in [0.4, 0.5) is 0 Å². The fourth-order valence-electron chi connectivity index (χ4n) is 1.14. The van der Waals surface area contributed by atoms with E-state index in [1.54, 1.807) is 19.0 Å². The number of thioether (sulfide) groups is 1. The summed E-state index contributed by atoms with van der Waals surface area (Å²) in [5.74, 6) is 0.105. The van der Waals surface area contributed by atoms with Crippen LogP contribution in [0.1, 0.15) is 5.37 Å². The molecule has 0 bridgehead atoms. The van der Waals surface area contributed by atoms with Crippen molar-refractivity contribution in [1.29, 1.82) is 0 Å². The summed E-state index contributed by atoms with van der Waals surface area (Å²) < 4.78 is 1.91. The summed E-state index contributed by atoms with van der Waals surface area (Å²) in [4.78, 5) is 13.4. The number of pyridine rings is 1. The number of hydrogen-bond acceptors (Lipinski definition) is 2. The van der Waals surface area contributed by atoms with Crippen LogP contribution < -0.4 is 4.57 Å². The van der Waals surface area contributed by atoms with E-state index in [0.717, 1.165) is 0 Å². The molecule has 4 heteroatoms. The Hall–Kier alpha value is -1.03. The van der Waals surface area contributed by atoms with Crippen molar-refractivity contribution in [3.8, 4) is 0 Å². The van der Waals surface area contributed by atoms with Crippen LogP contribution in [0.25, 0.3) is 0 Å². The van der Waals surface area contributed by atoms with Gasteiger partial charge in [0.15, 0.2) is 12.4 Å². The molecule has 1 aromatic heterocycles. The van der Waals surface area contributed by atoms with E-state index in [2.05, 4.69) is 0 Å². The van der Waals surface area contributed by atoms with Gasteiger partial charge in [-0.1, -0.05) is 17.8 Å². The molecule has 0 saturated carbocycles. The fourth-order valence-corrected chi connectivity index (χ4v) is 1.94. The second kappa shape index (κ2) is 5.00. The Morgan fingerprint density at radius 3 is 2.29 bits per heavy atom. The summed E-state index contributed by atoms with van der Waals surface area (Å²) in [5, 5.41) is -0.161. The van der Waals surface area contributed by atoms with Gasteiger partial charge in [0.25, 0.3) is 5.37 Å². The number of aromatic nitrogens is 1. The maximum atomic E-state index is 11.8. The minimum absolute atomic E-state index is 0.105. The normalized spacial score (nSPS) is 12.2. The third kappa shape index (κ3) is 2.48. The van der Waals surface area contributed by atoms with E-state index < -0.39 is 0 Å². The summed E-state index contributed by atoms with van der Waals surface area (Å²) in [6.07, 6.45) is 5.75. The first-order valence-corrected chi connectivity index (χ1v) is 5.65. The first-order chi connectivity index (χ1) is 6.66. The van der Waals surface area contributed by atoms with Crippen LogP contribution in [0.2, 0.25) is 0 Å². The zero-order valence-corrected chi connectivity index (χ0v) is 9.49. The van der Waals surface area contributed by atoms with Gasteiger partial charge in [0, 0.05) is 26.2 Å². The van der Waals surface area contributed by atoms with Gasteiger partial charge < -0.3 is 4.90 Å². The smallest absolute Gasteiger partial charge is 0.302 e. The Labute approximate surface area is 88.7 Å². The predicted molar refractivity (Wildman–Crippen MR) is 57.9 cm³/mol. The lowest BCUT2D eigenvalue weighted by atomic mass is 10.4. The van der Waals surface area contributed by atoms with Crippen molar-refractivity contribution in [2.75, 3.05) is 20.4 Å². The predicted octanol–water partition coefficient (Wildman–Crippen LogP) is 0.924. The summed E-state index contributed by atoms with van der Waals surface area (Å²) >= 11 is 1.53. The molecule has 0 spiro atoms. The molecule has 0 radical (unpaired) electrons. The quantitative estimate of drug-likeness (QED) is 0.694. The van der Waals surface area contributed by atoms with Crippen LogP contribution in [0, 0.1) is 0 Å². The molecule has 0 aliphatic heterocycles. The molecule has 0 aliphatic carbocycles. The van der Waals surface area contributed by atoms with Crippen LogP contribution in [-0.4, -0.2) is 31.2 Å². The first-order valence-electron chi connectivity index (χ1n) is 4.36. The minimum Gasteiger partial charge on any atom is -0.342 e. The molecule has 1 aromatic rings. The van der Waals surface area contributed by atoms with E-state index in [-0.39, 0.29) is 11.3 Å². The Kier molecular flexibility index (Phi) is 3.95. The van der Waals surface area contributed by atoms with Gasteiger partial charge in [0.2, 0.25) is 0 Å². The highest BCUT2D eigenvalue weighted by molar-refractivity contribution is 7.99. The molecule has 1 unspecified atom stereocenters. The average Bonchev–Trinajstić information content (AvgIpc) is 2.20. The maximum absolute atomic E-state index is 11.8. The fraction of sp³-hybridized carbons (Fsp3) is 0.400. The Bertz CT molecular complexity index is 300. The summed E-state index contributed by atoms with van der Waals surface area (Å²) in [6, 6.07) is 5.78. The number of carbonyl (C=O) groups is 1. The summed E-state index contributed by atoms with van der Waals surface area (Å²) in [5.41, 5.74) is 0. The van der Waals surface area contributed by atoms with Crippen LogP contribution in [0.5, 0.6) is 0 Å². The second-order valence-corrected chi connectivity index (χ2v) is 4.06. The van der Waals surface area contributed by atoms with Crippen molar-refractivity contribution in [3.63, 3.8) is 0 Å². The van der Waals surface area contributed by atoms with Crippen LogP contribution in [0.15, 0.2) is 30.6 Å². The molecule has 0 fully saturated rings. The van der Waals surface area contributed by atoms with Gasteiger partial charge >= 0.3 is 5.91 Å². The van der Waals surface area contributed by atoms with E-state index in [0.29, 0.717) is 0 Å².